The van der Waals surface area contributed by atoms with Crippen LogP contribution in [0.5, 0.6) is 5.75 Å². The van der Waals surface area contributed by atoms with Crippen LogP contribution in [0.2, 0.25) is 0 Å². The number of hydrogen-bond donors (Lipinski definition) is 3. The lowest BCUT2D eigenvalue weighted by atomic mass is 9.97. The van der Waals surface area contributed by atoms with E-state index in [2.05, 4.69) is 9.97 Å². The predicted molar refractivity (Wildman–Crippen MR) is 77.4 cm³/mol. The second-order valence-corrected chi connectivity index (χ2v) is 4.74. The largest absolute Gasteiger partial charge is 0.507 e. The van der Waals surface area contributed by atoms with Gasteiger partial charge in [0.2, 0.25) is 0 Å². The van der Waals surface area contributed by atoms with Crippen LogP contribution in [0.1, 0.15) is 36.1 Å². The van der Waals surface area contributed by atoms with E-state index in [1.165, 1.54) is 6.20 Å². The van der Waals surface area contributed by atoms with E-state index in [4.69, 9.17) is 0 Å². The molecule has 0 aliphatic carbocycles. The zero-order chi connectivity index (χ0) is 14.7. The van der Waals surface area contributed by atoms with Crippen LogP contribution in [0.25, 0.3) is 0 Å². The third-order valence-electron chi connectivity index (χ3n) is 3.38. The number of aryl methyl sites for hydroxylation is 2. The Morgan fingerprint density at radius 1 is 1.05 bits per heavy atom. The molecule has 1 heterocycles. The molecule has 2 aromatic rings. The highest BCUT2D eigenvalue weighted by atomic mass is 16.3. The Labute approximate surface area is 116 Å². The average molecular weight is 274 g/mol. The van der Waals surface area contributed by atoms with Gasteiger partial charge in [0.05, 0.1) is 0 Å². The molecule has 5 nitrogen and oxygen atoms in total. The number of aromatic amines is 2. The first-order valence-electron chi connectivity index (χ1n) is 6.69. The molecule has 0 atom stereocenters. The summed E-state index contributed by atoms with van der Waals surface area (Å²) < 4.78 is 0. The minimum atomic E-state index is -0.507. The van der Waals surface area contributed by atoms with E-state index >= 15 is 0 Å². The van der Waals surface area contributed by atoms with Gasteiger partial charge in [-0.15, -0.1) is 0 Å². The monoisotopic (exact) mass is 274 g/mol. The van der Waals surface area contributed by atoms with Crippen molar-refractivity contribution in [2.45, 2.75) is 33.1 Å². The molecule has 1 aromatic carbocycles. The SMILES string of the molecule is CCc1cc(Cc2c[nH]c(=O)[nH]c2=O)cc(CC)c1O. The topological polar surface area (TPSA) is 86.0 Å². The van der Waals surface area contributed by atoms with E-state index < -0.39 is 5.69 Å². The molecule has 2 rings (SSSR count). The molecule has 1 aromatic heterocycles. The van der Waals surface area contributed by atoms with E-state index in [-0.39, 0.29) is 5.56 Å². The highest BCUT2D eigenvalue weighted by molar-refractivity contribution is 5.44. The molecule has 0 fully saturated rings. The van der Waals surface area contributed by atoms with E-state index in [1.807, 2.05) is 26.0 Å². The lowest BCUT2D eigenvalue weighted by Crippen LogP contribution is -2.24. The molecule has 0 saturated carbocycles. The predicted octanol–water partition coefficient (Wildman–Crippen LogP) is 1.48. The fourth-order valence-corrected chi connectivity index (χ4v) is 2.26. The van der Waals surface area contributed by atoms with Crippen LogP contribution < -0.4 is 11.2 Å². The summed E-state index contributed by atoms with van der Waals surface area (Å²) in [5.74, 6) is 0.342. The highest BCUT2D eigenvalue weighted by Crippen LogP contribution is 2.26. The van der Waals surface area contributed by atoms with Crippen LogP contribution in [0, 0.1) is 0 Å². The number of nitrogens with one attached hydrogen (secondary N) is 2. The van der Waals surface area contributed by atoms with Gasteiger partial charge in [-0.3, -0.25) is 9.78 Å². The van der Waals surface area contributed by atoms with Crippen molar-refractivity contribution in [3.05, 3.63) is 61.4 Å². The number of phenolic OH excluding ortho intramolecular Hbond substituents is 1. The minimum Gasteiger partial charge on any atom is -0.507 e. The number of aromatic hydroxyl groups is 1. The fraction of sp³-hybridized carbons (Fsp3) is 0.333. The molecule has 0 bridgehead atoms. The van der Waals surface area contributed by atoms with Gasteiger partial charge in [-0.05, 0) is 29.5 Å². The molecule has 0 saturated heterocycles. The molecule has 0 unspecified atom stereocenters. The van der Waals surface area contributed by atoms with E-state index in [0.717, 1.165) is 29.5 Å². The summed E-state index contributed by atoms with van der Waals surface area (Å²) in [6, 6.07) is 3.80. The van der Waals surface area contributed by atoms with Crippen LogP contribution >= 0.6 is 0 Å². The molecule has 0 amide bonds. The van der Waals surface area contributed by atoms with Gasteiger partial charge >= 0.3 is 5.69 Å². The van der Waals surface area contributed by atoms with Gasteiger partial charge < -0.3 is 10.1 Å². The zero-order valence-corrected chi connectivity index (χ0v) is 11.6. The number of H-pyrrole nitrogens is 2. The third kappa shape index (κ3) is 2.82. The maximum Gasteiger partial charge on any atom is 0.325 e. The van der Waals surface area contributed by atoms with Crippen molar-refractivity contribution in [3.8, 4) is 5.75 Å². The van der Waals surface area contributed by atoms with Crippen molar-refractivity contribution in [1.82, 2.24) is 9.97 Å². The highest BCUT2D eigenvalue weighted by Gasteiger charge is 2.09. The van der Waals surface area contributed by atoms with Gasteiger partial charge in [0.25, 0.3) is 5.56 Å². The second-order valence-electron chi connectivity index (χ2n) is 4.74. The lowest BCUT2D eigenvalue weighted by molar-refractivity contribution is 0.462. The van der Waals surface area contributed by atoms with Crippen molar-refractivity contribution in [3.63, 3.8) is 0 Å². The summed E-state index contributed by atoms with van der Waals surface area (Å²) in [4.78, 5) is 27.4. The first kappa shape index (κ1) is 14.1. The number of phenols is 1. The summed E-state index contributed by atoms with van der Waals surface area (Å²) in [6.07, 6.45) is 3.32. The maximum absolute atomic E-state index is 11.7. The van der Waals surface area contributed by atoms with Crippen molar-refractivity contribution >= 4 is 0 Å². The van der Waals surface area contributed by atoms with Crippen molar-refractivity contribution in [2.75, 3.05) is 0 Å². The number of rotatable bonds is 4. The number of hydrogen-bond acceptors (Lipinski definition) is 3. The molecule has 3 N–H and O–H groups in total. The molecular weight excluding hydrogens is 256 g/mol. The van der Waals surface area contributed by atoms with Gasteiger partial charge in [-0.1, -0.05) is 26.0 Å². The lowest BCUT2D eigenvalue weighted by Gasteiger charge is -2.11. The maximum atomic E-state index is 11.7. The summed E-state index contributed by atoms with van der Waals surface area (Å²) in [6.45, 7) is 3.95. The van der Waals surface area contributed by atoms with Crippen molar-refractivity contribution in [2.24, 2.45) is 0 Å². The fourth-order valence-electron chi connectivity index (χ4n) is 2.26. The Kier molecular flexibility index (Phi) is 4.08. The number of aromatic nitrogens is 2. The van der Waals surface area contributed by atoms with Crippen LogP contribution in [-0.4, -0.2) is 15.1 Å². The Morgan fingerprint density at radius 3 is 2.15 bits per heavy atom. The van der Waals surface area contributed by atoms with Gasteiger partial charge in [-0.25, -0.2) is 4.79 Å². The Morgan fingerprint density at radius 2 is 1.65 bits per heavy atom. The van der Waals surface area contributed by atoms with Crippen LogP contribution in [0.15, 0.2) is 27.9 Å². The first-order chi connectivity index (χ1) is 9.55. The average Bonchev–Trinajstić information content (AvgIpc) is 2.43. The van der Waals surface area contributed by atoms with Gasteiger partial charge in [0.1, 0.15) is 5.75 Å². The Balaban J connectivity index is 2.43. The van der Waals surface area contributed by atoms with Gasteiger partial charge in [0.15, 0.2) is 0 Å². The summed E-state index contributed by atoms with van der Waals surface area (Å²) in [7, 11) is 0. The van der Waals surface area contributed by atoms with Crippen LogP contribution in [0.4, 0.5) is 0 Å². The zero-order valence-electron chi connectivity index (χ0n) is 11.6. The quantitative estimate of drug-likeness (QED) is 0.789. The molecule has 106 valence electrons. The van der Waals surface area contributed by atoms with Gasteiger partial charge in [0, 0.05) is 18.2 Å². The molecule has 0 spiro atoms. The summed E-state index contributed by atoms with van der Waals surface area (Å²) in [5, 5.41) is 10.1. The van der Waals surface area contributed by atoms with Crippen molar-refractivity contribution < 1.29 is 5.11 Å². The van der Waals surface area contributed by atoms with Gasteiger partial charge in [-0.2, -0.15) is 0 Å². The Bertz CT molecular complexity index is 703. The molecule has 5 heteroatoms. The molecule has 20 heavy (non-hydrogen) atoms. The molecular formula is C15H18N2O3. The second kappa shape index (κ2) is 5.77. The molecule has 0 aliphatic rings. The summed E-state index contributed by atoms with van der Waals surface area (Å²) in [5.41, 5.74) is 2.32. The van der Waals surface area contributed by atoms with E-state index in [0.29, 0.717) is 17.7 Å². The minimum absolute atomic E-state index is 0.342. The first-order valence-corrected chi connectivity index (χ1v) is 6.69. The van der Waals surface area contributed by atoms with Crippen molar-refractivity contribution in [1.29, 1.82) is 0 Å². The third-order valence-corrected chi connectivity index (χ3v) is 3.38. The normalized spacial score (nSPS) is 10.7. The van der Waals surface area contributed by atoms with E-state index in [9.17, 15) is 14.7 Å². The van der Waals surface area contributed by atoms with Crippen LogP contribution in [0.3, 0.4) is 0 Å². The standard InChI is InChI=1S/C15H18N2O3/c1-3-10-5-9(6-11(4-2)13(10)18)7-12-8-16-15(20)17-14(12)19/h5-6,8,18H,3-4,7H2,1-2H3,(H2,16,17,19,20). The van der Waals surface area contributed by atoms with Crippen LogP contribution in [-0.2, 0) is 19.3 Å². The van der Waals surface area contributed by atoms with E-state index in [1.54, 1.807) is 0 Å². The summed E-state index contributed by atoms with van der Waals surface area (Å²) >= 11 is 0. The molecule has 0 aliphatic heterocycles. The smallest absolute Gasteiger partial charge is 0.325 e. The Hall–Kier alpha value is -2.30. The molecule has 0 radical (unpaired) electrons. The number of benzene rings is 1.